The predicted octanol–water partition coefficient (Wildman–Crippen LogP) is 7.43. The number of anilines is 1. The minimum atomic E-state index is -2.29. The number of phenolic OH excluding ortho intramolecular Hbond substituents is 3. The van der Waals surface area contributed by atoms with Gasteiger partial charge in [-0.3, -0.25) is 48.1 Å². The molecule has 127 heavy (non-hydrogen) atoms. The van der Waals surface area contributed by atoms with Gasteiger partial charge in [-0.1, -0.05) is 102 Å². The first-order valence-corrected chi connectivity index (χ1v) is 43.4. The van der Waals surface area contributed by atoms with Gasteiger partial charge in [0.1, 0.15) is 115 Å². The summed E-state index contributed by atoms with van der Waals surface area (Å²) in [6, 6.07) is 10.7. The third kappa shape index (κ3) is 20.6. The predicted molar refractivity (Wildman–Crippen MR) is 458 cm³/mol. The van der Waals surface area contributed by atoms with E-state index in [9.17, 15) is 69.9 Å². The zero-order valence-corrected chi connectivity index (χ0v) is 72.1. The largest absolute Gasteiger partial charge is 0.508 e. The zero-order chi connectivity index (χ0) is 90.5. The van der Waals surface area contributed by atoms with Gasteiger partial charge in [0.2, 0.25) is 53.4 Å². The molecule has 8 aliphatic heterocycles. The Balaban J connectivity index is 1.02. The van der Waals surface area contributed by atoms with Crippen molar-refractivity contribution in [2.24, 2.45) is 5.92 Å². The fraction of sp³-hybridized carbons (Fsp3) is 0.429. The van der Waals surface area contributed by atoms with Crippen molar-refractivity contribution in [2.45, 2.75) is 228 Å². The SMILES string of the molecule is CCCCCCCC(=O)OCC1O[C@@H](Oc2c3cc4cc2Oc2ccc5cc2N(C(=O)[C@@H]4NC(=O)[C@H]2NC(=O)[C@@H](Cc4ccc(cc4)O3)NC(=O)Cc3ccc(O)c(c3)Oc3cc(O)cc2c3)[C@H]2C(=O)N[C@H](C(=O)N[C@H](C(=O)O)c3cc(O)cc(C)c3-c3cc2ccc3I)[C@@H]5O[C@@H]2OC(CO)[C@@H](O)C(O)[C@@H]2NC(C)=O)C(NC(=O)CCCCCCC(C)C)[C@@H](O)[C@@H]1O. The van der Waals surface area contributed by atoms with Crippen LogP contribution < -0.4 is 61.1 Å². The number of ether oxygens (including phenoxy) is 8. The third-order valence-corrected chi connectivity index (χ3v) is 24.3. The van der Waals surface area contributed by atoms with E-state index in [1.165, 1.54) is 91.0 Å². The normalized spacial score (nSPS) is 25.5. The van der Waals surface area contributed by atoms with Crippen LogP contribution in [-0.4, -0.2) is 192 Å². The number of unbranched alkanes of at least 4 members (excludes halogenated alkanes) is 7. The molecule has 15 rings (SSSR count). The number of aliphatic hydroxyl groups excluding tert-OH is 5. The summed E-state index contributed by atoms with van der Waals surface area (Å²) in [4.78, 5) is 154. The van der Waals surface area contributed by atoms with Crippen molar-refractivity contribution in [3.63, 3.8) is 0 Å². The molecular weight excluding hydrogens is 1760 g/mol. The smallest absolute Gasteiger partial charge is 0.330 e. The Kier molecular flexibility index (Phi) is 28.6. The topological polar surface area (TPSA) is 514 Å². The first kappa shape index (κ1) is 91.5. The molecule has 2 saturated heterocycles. The number of nitrogens with zero attached hydrogens (tertiary/aromatic N) is 1. The minimum Gasteiger partial charge on any atom is -0.508 e. The minimum absolute atomic E-state index is 0.00773. The number of aryl methyl sites for hydroxylation is 1. The number of carbonyl (C=O) groups is 10. The van der Waals surface area contributed by atoms with Crippen LogP contribution in [-0.2, 0) is 79.7 Å². The number of aliphatic carboxylic acids is 1. The van der Waals surface area contributed by atoms with E-state index in [0.717, 1.165) is 75.0 Å². The lowest BCUT2D eigenvalue weighted by Gasteiger charge is -2.44. The van der Waals surface area contributed by atoms with E-state index < -0.39 is 228 Å². The molecule has 8 aliphatic rings. The van der Waals surface area contributed by atoms with Gasteiger partial charge in [-0.15, -0.1) is 0 Å². The van der Waals surface area contributed by atoms with Gasteiger partial charge in [-0.05, 0) is 189 Å². The van der Waals surface area contributed by atoms with E-state index in [2.05, 4.69) is 51.1 Å². The van der Waals surface area contributed by atoms with E-state index in [1.54, 1.807) is 19.1 Å². The van der Waals surface area contributed by atoms with Gasteiger partial charge < -0.3 is 121 Å². The van der Waals surface area contributed by atoms with Crippen molar-refractivity contribution >= 4 is 87.5 Å². The van der Waals surface area contributed by atoms with Crippen LogP contribution in [0.2, 0.25) is 0 Å². The maximum Gasteiger partial charge on any atom is 0.330 e. The first-order chi connectivity index (χ1) is 60.8. The molecule has 36 heteroatoms. The van der Waals surface area contributed by atoms with E-state index in [1.807, 2.05) is 29.5 Å². The van der Waals surface area contributed by atoms with Gasteiger partial charge in [-0.25, -0.2) is 4.79 Å². The molecule has 17 bridgehead atoms. The highest BCUT2D eigenvalue weighted by Gasteiger charge is 2.53. The van der Waals surface area contributed by atoms with Crippen LogP contribution in [0.25, 0.3) is 11.1 Å². The number of benzene rings is 7. The Hall–Kier alpha value is -11.7. The van der Waals surface area contributed by atoms with E-state index in [-0.39, 0.29) is 81.0 Å². The highest BCUT2D eigenvalue weighted by atomic mass is 127. The molecule has 4 unspecified atom stereocenters. The van der Waals surface area contributed by atoms with Crippen molar-refractivity contribution < 1.29 is 132 Å². The summed E-state index contributed by atoms with van der Waals surface area (Å²) >= 11 is 1.96. The van der Waals surface area contributed by atoms with Gasteiger partial charge in [0, 0.05) is 35.8 Å². The number of rotatable bonds is 23. The number of esters is 1. The number of hydrogen-bond acceptors (Lipinski definition) is 26. The number of phenols is 3. The number of carboxylic acids is 1. The molecule has 0 radical (unpaired) electrons. The highest BCUT2D eigenvalue weighted by molar-refractivity contribution is 14.1. The Morgan fingerprint density at radius 1 is 0.598 bits per heavy atom. The molecule has 16 N–H and O–H groups in total. The molecule has 8 amide bonds. The summed E-state index contributed by atoms with van der Waals surface area (Å²) in [5, 5.41) is 123. The number of aromatic hydroxyl groups is 3. The molecule has 7 aromatic rings. The number of fused-ring (bicyclic) bond motifs is 18. The molecular formula is C91H101IN8O27. The van der Waals surface area contributed by atoms with Crippen LogP contribution in [0.15, 0.2) is 121 Å². The van der Waals surface area contributed by atoms with Gasteiger partial charge in [-0.2, -0.15) is 0 Å². The van der Waals surface area contributed by atoms with Crippen LogP contribution >= 0.6 is 22.6 Å². The maximum atomic E-state index is 17.9. The average Bonchev–Trinajstić information content (AvgIpc) is 1.66. The lowest BCUT2D eigenvalue weighted by atomic mass is 9.88. The summed E-state index contributed by atoms with van der Waals surface area (Å²) in [6.07, 6.45) is -10.4. The average molecular weight is 1870 g/mol. The number of amides is 8. The van der Waals surface area contributed by atoms with Crippen LogP contribution in [0.5, 0.6) is 57.5 Å². The number of hydrogen-bond donors (Lipinski definition) is 16. The van der Waals surface area contributed by atoms with Crippen LogP contribution in [0.4, 0.5) is 5.69 Å². The van der Waals surface area contributed by atoms with Crippen molar-refractivity contribution in [2.75, 3.05) is 18.1 Å². The third-order valence-electron chi connectivity index (χ3n) is 23.4. The second kappa shape index (κ2) is 39.6. The Morgan fingerprint density at radius 2 is 1.26 bits per heavy atom. The second-order valence-corrected chi connectivity index (χ2v) is 34.4. The van der Waals surface area contributed by atoms with Gasteiger partial charge in [0.25, 0.3) is 5.91 Å². The standard InChI is InChI=1S/C91H101IN8O27/c1-6-7-8-9-14-17-69(108)120-41-66-79(110)81(112)75(95-67(106)16-13-11-10-12-15-42(2)3)91(125-66)127-83-63-36-50-37-64(83)123-61-27-22-48-35-59(61)100(88(117)72(50)97-85(114)71-49-32-52(104)38-54(33-49)122-62-30-46(20-26-60(62)105)31-68(107)94-58(84(113)96-71)29-45-18-23-53(121-63)24-19-45)77-47-21-25-57(92)55(34-47)70-43(4)28-51(103)39-56(70)73(89(118)119)98-86(115)76(99-87(77)116)82(48)126-90-74(93-44(5)102)80(111)78(109)65(40-101)124-90/h18-28,30,32-39,42,58,65-66,71-82,90-91,101,103-105,109-112H,6-17,29,31,40-41H2,1-5H3,(H,93,102)(H,94,107)(H,95,106)(H,96,113)(H,97,114)(H,98,115)(H,99,116)(H,118,119)/t58-,65?,66?,71+,72-,73+,74+,75?,76+,77-,78-,79-,80?,81-,82-,90+,91+/m1/s1. The van der Waals surface area contributed by atoms with Crippen LogP contribution in [0.3, 0.4) is 0 Å². The molecule has 7 aromatic carbocycles. The zero-order valence-electron chi connectivity index (χ0n) is 70.0. The lowest BCUT2D eigenvalue weighted by Crippen LogP contribution is -2.65. The fourth-order valence-corrected chi connectivity index (χ4v) is 17.5. The number of nitrogens with one attached hydrogen (secondary N) is 7. The second-order valence-electron chi connectivity index (χ2n) is 33.2. The van der Waals surface area contributed by atoms with Gasteiger partial charge >= 0.3 is 11.9 Å². The van der Waals surface area contributed by atoms with Gasteiger partial charge in [0.15, 0.2) is 41.1 Å². The van der Waals surface area contributed by atoms with Gasteiger partial charge in [0.05, 0.1) is 18.7 Å². The summed E-state index contributed by atoms with van der Waals surface area (Å²) in [6.45, 7) is 7.20. The van der Waals surface area contributed by atoms with E-state index in [4.69, 9.17) is 37.9 Å². The molecule has 2 fully saturated rings. The number of carboxylic acid groups (broad SMARTS) is 1. The van der Waals surface area contributed by atoms with Crippen LogP contribution in [0, 0.1) is 16.4 Å². The number of aliphatic hydroxyl groups is 5. The first-order valence-electron chi connectivity index (χ1n) is 42.3. The van der Waals surface area contributed by atoms with Crippen molar-refractivity contribution in [1.29, 1.82) is 0 Å². The van der Waals surface area contributed by atoms with Crippen molar-refractivity contribution in [3.05, 3.63) is 169 Å². The molecule has 0 aromatic heterocycles. The summed E-state index contributed by atoms with van der Waals surface area (Å²) in [5.41, 5.74) is -0.461. The molecule has 8 heterocycles. The quantitative estimate of drug-likeness (QED) is 0.0168. The molecule has 0 spiro atoms. The van der Waals surface area contributed by atoms with Crippen molar-refractivity contribution in [1.82, 2.24) is 37.2 Å². The molecule has 17 atom stereocenters. The Bertz CT molecular complexity index is 5370. The molecule has 35 nitrogen and oxygen atoms in total. The maximum absolute atomic E-state index is 17.9. The van der Waals surface area contributed by atoms with Crippen LogP contribution in [0.1, 0.15) is 180 Å². The lowest BCUT2D eigenvalue weighted by molar-refractivity contribution is -0.284. The summed E-state index contributed by atoms with van der Waals surface area (Å²) < 4.78 is 53.2. The highest BCUT2D eigenvalue weighted by Crippen LogP contribution is 2.53. The fourth-order valence-electron chi connectivity index (χ4n) is 16.9. The van der Waals surface area contributed by atoms with E-state index >= 15 is 24.0 Å². The molecule has 0 aliphatic carbocycles. The Morgan fingerprint density at radius 3 is 1.98 bits per heavy atom. The molecule has 0 saturated carbocycles. The van der Waals surface area contributed by atoms with Crippen molar-refractivity contribution in [3.8, 4) is 68.6 Å². The Labute approximate surface area is 742 Å². The summed E-state index contributed by atoms with van der Waals surface area (Å²) in [5.74, 6) is -14.0. The van der Waals surface area contributed by atoms with E-state index in [0.29, 0.717) is 39.9 Å². The number of carbonyl (C=O) groups excluding carboxylic acids is 9. The summed E-state index contributed by atoms with van der Waals surface area (Å²) in [7, 11) is 0. The number of halogens is 1. The monoisotopic (exact) mass is 1860 g/mol. The molecule has 674 valence electrons.